The molecule has 0 bridgehead atoms. The van der Waals surface area contributed by atoms with Crippen molar-refractivity contribution in [3.63, 3.8) is 0 Å². The van der Waals surface area contributed by atoms with Crippen molar-refractivity contribution in [2.45, 2.75) is 31.9 Å². The molecule has 17 heavy (non-hydrogen) atoms. The fraction of sp³-hybridized carbons (Fsp3) is 0.545. The van der Waals surface area contributed by atoms with Crippen LogP contribution in [-0.2, 0) is 4.74 Å². The minimum absolute atomic E-state index is 0.177. The van der Waals surface area contributed by atoms with E-state index in [0.717, 1.165) is 19.4 Å². The van der Waals surface area contributed by atoms with Gasteiger partial charge in [0.2, 0.25) is 0 Å². The highest BCUT2D eigenvalue weighted by molar-refractivity contribution is 5.90. The minimum Gasteiger partial charge on any atom is -0.378 e. The fourth-order valence-electron chi connectivity index (χ4n) is 1.88. The summed E-state index contributed by atoms with van der Waals surface area (Å²) < 4.78 is 5.46. The van der Waals surface area contributed by atoms with Gasteiger partial charge in [-0.25, -0.2) is 0 Å². The van der Waals surface area contributed by atoms with E-state index < -0.39 is 5.91 Å². The Bertz CT molecular complexity index is 393. The van der Waals surface area contributed by atoms with E-state index in [1.165, 1.54) is 0 Å². The third-order valence-electron chi connectivity index (χ3n) is 2.75. The summed E-state index contributed by atoms with van der Waals surface area (Å²) in [6, 6.07) is 3.63. The molecule has 2 atom stereocenters. The summed E-state index contributed by atoms with van der Waals surface area (Å²) in [6.07, 6.45) is 2.15. The summed E-state index contributed by atoms with van der Waals surface area (Å²) in [5.41, 5.74) is 5.26. The number of carbonyl (C=O) groups is 1. The molecule has 0 radical (unpaired) electrons. The number of hydrogen-bond acceptors (Lipinski definition) is 5. The lowest BCUT2D eigenvalue weighted by atomic mass is 10.0. The van der Waals surface area contributed by atoms with Gasteiger partial charge in [0, 0.05) is 12.6 Å². The van der Waals surface area contributed by atoms with Crippen LogP contribution in [0.25, 0.3) is 0 Å². The monoisotopic (exact) mass is 236 g/mol. The Balaban J connectivity index is 1.96. The van der Waals surface area contributed by atoms with Crippen molar-refractivity contribution in [2.24, 2.45) is 5.73 Å². The molecule has 6 nitrogen and oxygen atoms in total. The highest BCUT2D eigenvalue weighted by atomic mass is 16.5. The first-order valence-electron chi connectivity index (χ1n) is 5.67. The molecule has 1 amide bonds. The molecule has 2 heterocycles. The lowest BCUT2D eigenvalue weighted by molar-refractivity contribution is 0.0231. The van der Waals surface area contributed by atoms with Gasteiger partial charge in [-0.15, -0.1) is 10.2 Å². The van der Waals surface area contributed by atoms with Gasteiger partial charge in [-0.05, 0) is 31.9 Å². The van der Waals surface area contributed by atoms with Gasteiger partial charge in [0.25, 0.3) is 5.91 Å². The number of nitrogens with zero attached hydrogens (tertiary/aromatic N) is 2. The SMILES string of the molecule is CC1CC(Nc2ccc(C(N)=O)nn2)CCO1. The number of amides is 1. The standard InChI is InChI=1S/C11H16N4O2/c1-7-6-8(4-5-17-7)13-10-3-2-9(11(12)16)14-15-10/h2-3,7-8H,4-6H2,1H3,(H2,12,16)(H,13,15). The largest absolute Gasteiger partial charge is 0.378 e. The number of primary amides is 1. The van der Waals surface area contributed by atoms with E-state index >= 15 is 0 Å². The maximum Gasteiger partial charge on any atom is 0.269 e. The molecule has 1 aliphatic rings. The molecule has 0 saturated carbocycles. The lowest BCUT2D eigenvalue weighted by Gasteiger charge is -2.28. The summed E-state index contributed by atoms with van der Waals surface area (Å²) in [5.74, 6) is 0.0952. The van der Waals surface area contributed by atoms with Crippen LogP contribution in [-0.4, -0.2) is 34.9 Å². The molecule has 1 aromatic rings. The molecule has 6 heteroatoms. The topological polar surface area (TPSA) is 90.1 Å². The number of hydrogen-bond donors (Lipinski definition) is 2. The maximum atomic E-state index is 10.8. The van der Waals surface area contributed by atoms with Gasteiger partial charge in [0.15, 0.2) is 5.69 Å². The smallest absolute Gasteiger partial charge is 0.269 e. The molecular weight excluding hydrogens is 220 g/mol. The van der Waals surface area contributed by atoms with Crippen molar-refractivity contribution in [1.82, 2.24) is 10.2 Å². The lowest BCUT2D eigenvalue weighted by Crippen LogP contribution is -2.32. The average molecular weight is 236 g/mol. The Morgan fingerprint density at radius 3 is 2.94 bits per heavy atom. The van der Waals surface area contributed by atoms with Crippen molar-refractivity contribution in [3.8, 4) is 0 Å². The van der Waals surface area contributed by atoms with Crippen molar-refractivity contribution in [1.29, 1.82) is 0 Å². The molecule has 1 aliphatic heterocycles. The van der Waals surface area contributed by atoms with Crippen LogP contribution in [0.2, 0.25) is 0 Å². The van der Waals surface area contributed by atoms with E-state index in [-0.39, 0.29) is 11.8 Å². The van der Waals surface area contributed by atoms with Crippen molar-refractivity contribution < 1.29 is 9.53 Å². The van der Waals surface area contributed by atoms with Crippen molar-refractivity contribution in [2.75, 3.05) is 11.9 Å². The third kappa shape index (κ3) is 3.13. The fourth-order valence-corrected chi connectivity index (χ4v) is 1.88. The van der Waals surface area contributed by atoms with Gasteiger partial charge in [-0.3, -0.25) is 4.79 Å². The third-order valence-corrected chi connectivity index (χ3v) is 2.75. The zero-order valence-electron chi connectivity index (χ0n) is 9.72. The van der Waals surface area contributed by atoms with Crippen LogP contribution in [0.4, 0.5) is 5.82 Å². The molecule has 0 aromatic carbocycles. The normalized spacial score (nSPS) is 24.3. The van der Waals surface area contributed by atoms with E-state index in [4.69, 9.17) is 10.5 Å². The number of ether oxygens (including phenoxy) is 1. The first-order valence-corrected chi connectivity index (χ1v) is 5.67. The predicted molar refractivity (Wildman–Crippen MR) is 62.6 cm³/mol. The number of carbonyl (C=O) groups excluding carboxylic acids is 1. The van der Waals surface area contributed by atoms with Gasteiger partial charge in [0.1, 0.15) is 5.82 Å². The Hall–Kier alpha value is -1.69. The zero-order valence-corrected chi connectivity index (χ0v) is 9.72. The number of nitrogens with two attached hydrogens (primary N) is 1. The van der Waals surface area contributed by atoms with E-state index in [1.807, 2.05) is 0 Å². The van der Waals surface area contributed by atoms with E-state index in [1.54, 1.807) is 12.1 Å². The second-order valence-electron chi connectivity index (χ2n) is 4.22. The Morgan fingerprint density at radius 1 is 1.53 bits per heavy atom. The summed E-state index contributed by atoms with van der Waals surface area (Å²) in [6.45, 7) is 2.81. The van der Waals surface area contributed by atoms with Crippen LogP contribution in [0.15, 0.2) is 12.1 Å². The average Bonchev–Trinajstić information content (AvgIpc) is 2.29. The Kier molecular flexibility index (Phi) is 3.53. The van der Waals surface area contributed by atoms with E-state index in [2.05, 4.69) is 22.4 Å². The molecule has 1 fully saturated rings. The molecule has 1 aromatic heterocycles. The van der Waals surface area contributed by atoms with Crippen LogP contribution in [0.3, 0.4) is 0 Å². The second-order valence-corrected chi connectivity index (χ2v) is 4.22. The highest BCUT2D eigenvalue weighted by Gasteiger charge is 2.19. The van der Waals surface area contributed by atoms with Crippen LogP contribution < -0.4 is 11.1 Å². The number of rotatable bonds is 3. The number of anilines is 1. The summed E-state index contributed by atoms with van der Waals surface area (Å²) in [7, 11) is 0. The Morgan fingerprint density at radius 2 is 2.35 bits per heavy atom. The quantitative estimate of drug-likeness (QED) is 0.800. The molecule has 0 aliphatic carbocycles. The van der Waals surface area contributed by atoms with Crippen LogP contribution in [0.5, 0.6) is 0 Å². The summed E-state index contributed by atoms with van der Waals surface area (Å²) in [4.78, 5) is 10.8. The molecule has 0 spiro atoms. The van der Waals surface area contributed by atoms with Crippen LogP contribution in [0.1, 0.15) is 30.3 Å². The number of nitrogens with one attached hydrogen (secondary N) is 1. The summed E-state index contributed by atoms with van der Waals surface area (Å²) >= 11 is 0. The van der Waals surface area contributed by atoms with Crippen molar-refractivity contribution in [3.05, 3.63) is 17.8 Å². The maximum absolute atomic E-state index is 10.8. The first-order chi connectivity index (χ1) is 8.15. The van der Waals surface area contributed by atoms with Gasteiger partial charge in [-0.2, -0.15) is 0 Å². The summed E-state index contributed by atoms with van der Waals surface area (Å²) in [5, 5.41) is 10.9. The molecule has 2 unspecified atom stereocenters. The molecule has 2 rings (SSSR count). The molecular formula is C11H16N4O2. The number of aromatic nitrogens is 2. The van der Waals surface area contributed by atoms with E-state index in [9.17, 15) is 4.79 Å². The zero-order chi connectivity index (χ0) is 12.3. The van der Waals surface area contributed by atoms with Gasteiger partial charge in [-0.1, -0.05) is 0 Å². The molecule has 3 N–H and O–H groups in total. The van der Waals surface area contributed by atoms with Gasteiger partial charge >= 0.3 is 0 Å². The molecule has 1 saturated heterocycles. The van der Waals surface area contributed by atoms with Crippen LogP contribution >= 0.6 is 0 Å². The van der Waals surface area contributed by atoms with Gasteiger partial charge < -0.3 is 15.8 Å². The predicted octanol–water partition coefficient (Wildman–Crippen LogP) is 0.555. The van der Waals surface area contributed by atoms with Crippen LogP contribution in [0, 0.1) is 0 Å². The highest BCUT2D eigenvalue weighted by Crippen LogP contribution is 2.16. The van der Waals surface area contributed by atoms with Crippen molar-refractivity contribution >= 4 is 11.7 Å². The van der Waals surface area contributed by atoms with E-state index in [0.29, 0.717) is 11.9 Å². The Labute approximate surface area is 99.6 Å². The second kappa shape index (κ2) is 5.09. The minimum atomic E-state index is -0.566. The molecule has 92 valence electrons. The van der Waals surface area contributed by atoms with Gasteiger partial charge in [0.05, 0.1) is 6.10 Å². The first kappa shape index (κ1) is 11.8.